The Kier molecular flexibility index (Phi) is 4.61. The molecule has 1 heterocycles. The van der Waals surface area contributed by atoms with Crippen molar-refractivity contribution >= 4 is 5.97 Å². The first-order chi connectivity index (χ1) is 9.67. The SMILES string of the molecule is CCCCc1ccc(-c2ccc(C(=O)O)n2CC)cc1. The Morgan fingerprint density at radius 3 is 2.35 bits per heavy atom. The van der Waals surface area contributed by atoms with Crippen molar-refractivity contribution < 1.29 is 9.90 Å². The van der Waals surface area contributed by atoms with Gasteiger partial charge in [0.05, 0.1) is 0 Å². The van der Waals surface area contributed by atoms with Gasteiger partial charge in [0, 0.05) is 12.2 Å². The topological polar surface area (TPSA) is 42.2 Å². The van der Waals surface area contributed by atoms with Crippen LogP contribution in [0.25, 0.3) is 11.3 Å². The molecule has 3 heteroatoms. The van der Waals surface area contributed by atoms with Crippen molar-refractivity contribution in [2.24, 2.45) is 0 Å². The number of aryl methyl sites for hydroxylation is 1. The molecule has 0 atom stereocenters. The molecule has 0 aliphatic carbocycles. The summed E-state index contributed by atoms with van der Waals surface area (Å²) in [6.07, 6.45) is 3.50. The lowest BCUT2D eigenvalue weighted by Gasteiger charge is -2.09. The van der Waals surface area contributed by atoms with Crippen LogP contribution in [0.1, 0.15) is 42.7 Å². The van der Waals surface area contributed by atoms with Gasteiger partial charge in [0.2, 0.25) is 0 Å². The lowest BCUT2D eigenvalue weighted by Crippen LogP contribution is -2.08. The van der Waals surface area contributed by atoms with E-state index in [2.05, 4.69) is 31.2 Å². The number of aromatic carboxylic acids is 1. The summed E-state index contributed by atoms with van der Waals surface area (Å²) in [4.78, 5) is 11.2. The Morgan fingerprint density at radius 2 is 1.80 bits per heavy atom. The number of nitrogens with zero attached hydrogens (tertiary/aromatic N) is 1. The molecule has 0 bridgehead atoms. The summed E-state index contributed by atoms with van der Waals surface area (Å²) in [5, 5.41) is 9.18. The number of hydrogen-bond donors (Lipinski definition) is 1. The van der Waals surface area contributed by atoms with Gasteiger partial charge in [-0.3, -0.25) is 0 Å². The van der Waals surface area contributed by atoms with Crippen LogP contribution in [-0.2, 0) is 13.0 Å². The third-order valence-corrected chi connectivity index (χ3v) is 3.58. The quantitative estimate of drug-likeness (QED) is 0.855. The second kappa shape index (κ2) is 6.42. The van der Waals surface area contributed by atoms with E-state index < -0.39 is 5.97 Å². The zero-order chi connectivity index (χ0) is 14.5. The average Bonchev–Trinajstić information content (AvgIpc) is 2.89. The summed E-state index contributed by atoms with van der Waals surface area (Å²) in [5.74, 6) is -0.877. The number of carbonyl (C=O) groups is 1. The predicted molar refractivity (Wildman–Crippen MR) is 81.1 cm³/mol. The lowest BCUT2D eigenvalue weighted by atomic mass is 10.0. The van der Waals surface area contributed by atoms with Gasteiger partial charge in [0.25, 0.3) is 0 Å². The average molecular weight is 271 g/mol. The molecule has 0 saturated heterocycles. The van der Waals surface area contributed by atoms with E-state index in [0.717, 1.165) is 17.7 Å². The Morgan fingerprint density at radius 1 is 1.10 bits per heavy atom. The zero-order valence-corrected chi connectivity index (χ0v) is 12.1. The largest absolute Gasteiger partial charge is 0.477 e. The normalized spacial score (nSPS) is 10.7. The number of benzene rings is 1. The standard InChI is InChI=1S/C17H21NO2/c1-3-5-6-13-7-9-14(10-8-13)15-11-12-16(17(19)20)18(15)4-2/h7-12H,3-6H2,1-2H3,(H,19,20). The molecule has 0 fully saturated rings. The molecule has 0 aliphatic heterocycles. The van der Waals surface area contributed by atoms with Crippen LogP contribution >= 0.6 is 0 Å². The molecule has 0 unspecified atom stereocenters. The van der Waals surface area contributed by atoms with E-state index in [-0.39, 0.29) is 0 Å². The van der Waals surface area contributed by atoms with Crippen molar-refractivity contribution in [3.8, 4) is 11.3 Å². The van der Waals surface area contributed by atoms with E-state index in [1.54, 1.807) is 6.07 Å². The van der Waals surface area contributed by atoms with Crippen LogP contribution in [0.5, 0.6) is 0 Å². The molecule has 0 saturated carbocycles. The maximum absolute atomic E-state index is 11.2. The first kappa shape index (κ1) is 14.4. The minimum Gasteiger partial charge on any atom is -0.477 e. The highest BCUT2D eigenvalue weighted by Gasteiger charge is 2.13. The molecule has 1 aromatic carbocycles. The van der Waals surface area contributed by atoms with Crippen LogP contribution < -0.4 is 0 Å². The van der Waals surface area contributed by atoms with Gasteiger partial charge in [0.1, 0.15) is 5.69 Å². The molecular weight excluding hydrogens is 250 g/mol. The van der Waals surface area contributed by atoms with Gasteiger partial charge in [-0.1, -0.05) is 37.6 Å². The van der Waals surface area contributed by atoms with Gasteiger partial charge < -0.3 is 9.67 Å². The Hall–Kier alpha value is -2.03. The van der Waals surface area contributed by atoms with Crippen LogP contribution in [0.4, 0.5) is 0 Å². The highest BCUT2D eigenvalue weighted by Crippen LogP contribution is 2.23. The highest BCUT2D eigenvalue weighted by molar-refractivity contribution is 5.87. The summed E-state index contributed by atoms with van der Waals surface area (Å²) in [5.41, 5.74) is 3.72. The van der Waals surface area contributed by atoms with Crippen LogP contribution in [0, 0.1) is 0 Å². The second-order valence-electron chi connectivity index (χ2n) is 4.95. The molecular formula is C17H21NO2. The molecule has 2 rings (SSSR count). The van der Waals surface area contributed by atoms with E-state index in [1.165, 1.54) is 18.4 Å². The Bertz CT molecular complexity index is 582. The van der Waals surface area contributed by atoms with Crippen molar-refractivity contribution in [1.29, 1.82) is 0 Å². The van der Waals surface area contributed by atoms with E-state index in [0.29, 0.717) is 12.2 Å². The van der Waals surface area contributed by atoms with Crippen molar-refractivity contribution in [3.05, 3.63) is 47.7 Å². The fourth-order valence-corrected chi connectivity index (χ4v) is 2.47. The highest BCUT2D eigenvalue weighted by atomic mass is 16.4. The molecule has 106 valence electrons. The van der Waals surface area contributed by atoms with Crippen LogP contribution in [0.3, 0.4) is 0 Å². The third kappa shape index (κ3) is 2.93. The molecule has 20 heavy (non-hydrogen) atoms. The van der Waals surface area contributed by atoms with Gasteiger partial charge >= 0.3 is 5.97 Å². The van der Waals surface area contributed by atoms with Gasteiger partial charge in [-0.2, -0.15) is 0 Å². The van der Waals surface area contributed by atoms with Gasteiger partial charge in [-0.15, -0.1) is 0 Å². The zero-order valence-electron chi connectivity index (χ0n) is 12.1. The Balaban J connectivity index is 2.29. The summed E-state index contributed by atoms with van der Waals surface area (Å²) in [6, 6.07) is 12.0. The first-order valence-corrected chi connectivity index (χ1v) is 7.19. The van der Waals surface area contributed by atoms with E-state index in [4.69, 9.17) is 0 Å². The third-order valence-electron chi connectivity index (χ3n) is 3.58. The minimum absolute atomic E-state index is 0.345. The smallest absolute Gasteiger partial charge is 0.352 e. The fourth-order valence-electron chi connectivity index (χ4n) is 2.47. The fraction of sp³-hybridized carbons (Fsp3) is 0.353. The van der Waals surface area contributed by atoms with Gasteiger partial charge in [-0.25, -0.2) is 4.79 Å². The molecule has 0 spiro atoms. The monoisotopic (exact) mass is 271 g/mol. The van der Waals surface area contributed by atoms with E-state index in [1.807, 2.05) is 17.6 Å². The number of aromatic nitrogens is 1. The number of unbranched alkanes of at least 4 members (excludes halogenated alkanes) is 1. The minimum atomic E-state index is -0.877. The van der Waals surface area contributed by atoms with Gasteiger partial charge in [0.15, 0.2) is 0 Å². The molecule has 2 aromatic rings. The second-order valence-corrected chi connectivity index (χ2v) is 4.95. The molecule has 0 amide bonds. The van der Waals surface area contributed by atoms with E-state index >= 15 is 0 Å². The molecule has 3 nitrogen and oxygen atoms in total. The van der Waals surface area contributed by atoms with Crippen molar-refractivity contribution in [2.45, 2.75) is 39.7 Å². The Labute approximate surface area is 119 Å². The number of carboxylic acids is 1. The van der Waals surface area contributed by atoms with Crippen molar-refractivity contribution in [1.82, 2.24) is 4.57 Å². The summed E-state index contributed by atoms with van der Waals surface area (Å²) >= 11 is 0. The molecule has 0 radical (unpaired) electrons. The van der Waals surface area contributed by atoms with Crippen LogP contribution in [-0.4, -0.2) is 15.6 Å². The van der Waals surface area contributed by atoms with Gasteiger partial charge in [-0.05, 0) is 43.0 Å². The summed E-state index contributed by atoms with van der Waals surface area (Å²) < 4.78 is 1.84. The number of rotatable bonds is 6. The van der Waals surface area contributed by atoms with Crippen molar-refractivity contribution in [3.63, 3.8) is 0 Å². The summed E-state index contributed by atoms with van der Waals surface area (Å²) in [6.45, 7) is 4.81. The summed E-state index contributed by atoms with van der Waals surface area (Å²) in [7, 11) is 0. The number of hydrogen-bond acceptors (Lipinski definition) is 1. The molecule has 1 N–H and O–H groups in total. The molecule has 0 aliphatic rings. The lowest BCUT2D eigenvalue weighted by molar-refractivity contribution is 0.0685. The van der Waals surface area contributed by atoms with Crippen LogP contribution in [0.15, 0.2) is 36.4 Å². The van der Waals surface area contributed by atoms with Crippen molar-refractivity contribution in [2.75, 3.05) is 0 Å². The molecule has 1 aromatic heterocycles. The maximum atomic E-state index is 11.2. The van der Waals surface area contributed by atoms with E-state index in [9.17, 15) is 9.90 Å². The maximum Gasteiger partial charge on any atom is 0.352 e. The predicted octanol–water partition coefficient (Wildman–Crippen LogP) is 4.22. The number of carboxylic acid groups (broad SMARTS) is 1. The first-order valence-electron chi connectivity index (χ1n) is 7.19. The van der Waals surface area contributed by atoms with Crippen LogP contribution in [0.2, 0.25) is 0 Å².